The van der Waals surface area contributed by atoms with Crippen LogP contribution in [-0.2, 0) is 0 Å². The third-order valence-corrected chi connectivity index (χ3v) is 4.26. The molecule has 0 radical (unpaired) electrons. The predicted octanol–water partition coefficient (Wildman–Crippen LogP) is 3.60. The van der Waals surface area contributed by atoms with Gasteiger partial charge in [0.2, 0.25) is 0 Å². The van der Waals surface area contributed by atoms with Crippen LogP contribution in [0.3, 0.4) is 0 Å². The minimum Gasteiger partial charge on any atom is -0.389 e. The van der Waals surface area contributed by atoms with Crippen molar-refractivity contribution in [2.75, 3.05) is 13.6 Å². The lowest BCUT2D eigenvalue weighted by atomic mass is 10.0. The van der Waals surface area contributed by atoms with E-state index in [-0.39, 0.29) is 5.82 Å². The van der Waals surface area contributed by atoms with Gasteiger partial charge in [0.1, 0.15) is 5.82 Å². The van der Waals surface area contributed by atoms with Crippen LogP contribution in [0.1, 0.15) is 11.6 Å². The van der Waals surface area contributed by atoms with Gasteiger partial charge in [0.15, 0.2) is 0 Å². The minimum atomic E-state index is -0.728. The second kappa shape index (κ2) is 6.71. The van der Waals surface area contributed by atoms with Crippen LogP contribution >= 0.6 is 11.6 Å². The molecule has 3 rings (SSSR count). The highest BCUT2D eigenvalue weighted by Gasteiger charge is 2.24. The summed E-state index contributed by atoms with van der Waals surface area (Å²) < 4.78 is 15.6. The Labute approximate surface area is 139 Å². The van der Waals surface area contributed by atoms with Crippen LogP contribution in [0.15, 0.2) is 54.7 Å². The Balaban J connectivity index is 2.18. The van der Waals surface area contributed by atoms with Crippen LogP contribution in [0.4, 0.5) is 4.39 Å². The number of aromatic nitrogens is 1. The molecule has 23 heavy (non-hydrogen) atoms. The lowest BCUT2D eigenvalue weighted by molar-refractivity contribution is 0.132. The maximum Gasteiger partial charge on any atom is 0.123 e. The van der Waals surface area contributed by atoms with Crippen molar-refractivity contribution >= 4 is 22.5 Å². The fourth-order valence-electron chi connectivity index (χ4n) is 2.99. The summed E-state index contributed by atoms with van der Waals surface area (Å²) in [4.78, 5) is 0. The van der Waals surface area contributed by atoms with Crippen LogP contribution in [0.5, 0.6) is 0 Å². The first-order chi connectivity index (χ1) is 11.1. The van der Waals surface area contributed by atoms with Crippen LogP contribution in [0, 0.1) is 5.82 Å². The zero-order valence-electron chi connectivity index (χ0n) is 12.7. The third kappa shape index (κ3) is 3.11. The Morgan fingerprint density at radius 3 is 2.74 bits per heavy atom. The molecule has 0 aliphatic heterocycles. The molecule has 0 aliphatic rings. The number of aliphatic hydroxyl groups is 1. The number of nitrogens with zero attached hydrogens (tertiary/aromatic N) is 1. The second-order valence-corrected chi connectivity index (χ2v) is 5.93. The zero-order valence-corrected chi connectivity index (χ0v) is 13.5. The van der Waals surface area contributed by atoms with Gasteiger partial charge < -0.3 is 15.0 Å². The Hall–Kier alpha value is -1.88. The molecule has 0 spiro atoms. The van der Waals surface area contributed by atoms with Gasteiger partial charge in [-0.2, -0.15) is 0 Å². The third-order valence-electron chi connectivity index (χ3n) is 3.96. The average molecular weight is 333 g/mol. The Bertz CT molecular complexity index is 818. The molecular weight excluding hydrogens is 315 g/mol. The highest BCUT2D eigenvalue weighted by atomic mass is 35.5. The summed E-state index contributed by atoms with van der Waals surface area (Å²) in [6.45, 7) is 0.380. The lowest BCUT2D eigenvalue weighted by Gasteiger charge is -2.26. The molecule has 0 aliphatic carbocycles. The first kappa shape index (κ1) is 16.0. The van der Waals surface area contributed by atoms with Gasteiger partial charge in [0.05, 0.1) is 22.7 Å². The molecule has 0 fully saturated rings. The summed E-state index contributed by atoms with van der Waals surface area (Å²) in [6, 6.07) is 13.5. The molecule has 1 heterocycles. The molecule has 0 unspecified atom stereocenters. The molecule has 0 amide bonds. The lowest BCUT2D eigenvalue weighted by Crippen LogP contribution is -2.33. The first-order valence-corrected chi connectivity index (χ1v) is 7.83. The SMILES string of the molecule is CNC[C@@H](O)[C@H](c1cccc(F)c1)n1ccc2cccc(Cl)c21. The molecule has 0 saturated heterocycles. The summed E-state index contributed by atoms with van der Waals surface area (Å²) in [5.41, 5.74) is 1.53. The standard InChI is InChI=1S/C18H18ClFN2O/c1-21-11-16(23)18(13-5-2-6-14(20)10-13)22-9-8-12-4-3-7-15(19)17(12)22/h2-10,16,18,21,23H,11H2,1H3/t16-,18+/m1/s1. The smallest absolute Gasteiger partial charge is 0.123 e. The molecule has 2 aromatic carbocycles. The Morgan fingerprint density at radius 2 is 2.00 bits per heavy atom. The summed E-state index contributed by atoms with van der Waals surface area (Å²) in [5, 5.41) is 15.2. The Morgan fingerprint density at radius 1 is 1.22 bits per heavy atom. The number of aliphatic hydroxyl groups excluding tert-OH is 1. The van der Waals surface area contributed by atoms with E-state index in [2.05, 4.69) is 5.32 Å². The van der Waals surface area contributed by atoms with Gasteiger partial charge in [-0.1, -0.05) is 35.9 Å². The number of hydrogen-bond donors (Lipinski definition) is 2. The number of likely N-dealkylation sites (N-methyl/N-ethyl adjacent to an activating group) is 1. The van der Waals surface area contributed by atoms with Gasteiger partial charge in [-0.05, 0) is 36.9 Å². The molecule has 0 saturated carbocycles. The number of benzene rings is 2. The second-order valence-electron chi connectivity index (χ2n) is 5.53. The van der Waals surface area contributed by atoms with Crippen LogP contribution in [-0.4, -0.2) is 29.4 Å². The van der Waals surface area contributed by atoms with E-state index in [0.717, 1.165) is 10.9 Å². The van der Waals surface area contributed by atoms with Gasteiger partial charge in [0.25, 0.3) is 0 Å². The quantitative estimate of drug-likeness (QED) is 0.749. The van der Waals surface area contributed by atoms with Crippen LogP contribution in [0.2, 0.25) is 5.02 Å². The van der Waals surface area contributed by atoms with Crippen molar-refractivity contribution in [3.8, 4) is 0 Å². The molecule has 3 nitrogen and oxygen atoms in total. The van der Waals surface area contributed by atoms with Crippen molar-refractivity contribution < 1.29 is 9.50 Å². The monoisotopic (exact) mass is 332 g/mol. The van der Waals surface area contributed by atoms with Gasteiger partial charge >= 0.3 is 0 Å². The highest BCUT2D eigenvalue weighted by Crippen LogP contribution is 2.32. The van der Waals surface area contributed by atoms with Gasteiger partial charge in [-0.3, -0.25) is 0 Å². The minimum absolute atomic E-state index is 0.327. The number of halogens is 2. The zero-order chi connectivity index (χ0) is 16.4. The Kier molecular flexibility index (Phi) is 4.66. The maximum absolute atomic E-state index is 13.7. The maximum atomic E-state index is 13.7. The fourth-order valence-corrected chi connectivity index (χ4v) is 3.26. The molecule has 120 valence electrons. The molecule has 0 bridgehead atoms. The first-order valence-electron chi connectivity index (χ1n) is 7.45. The van der Waals surface area contributed by atoms with Crippen molar-refractivity contribution in [1.82, 2.24) is 9.88 Å². The van der Waals surface area contributed by atoms with E-state index in [1.54, 1.807) is 13.1 Å². The molecule has 3 aromatic rings. The summed E-state index contributed by atoms with van der Waals surface area (Å²) in [7, 11) is 1.77. The van der Waals surface area contributed by atoms with E-state index in [4.69, 9.17) is 11.6 Å². The van der Waals surface area contributed by atoms with Gasteiger partial charge in [0, 0.05) is 18.1 Å². The van der Waals surface area contributed by atoms with Gasteiger partial charge in [-0.25, -0.2) is 4.39 Å². The molecule has 2 N–H and O–H groups in total. The van der Waals surface area contributed by atoms with Crippen molar-refractivity contribution in [2.45, 2.75) is 12.1 Å². The largest absolute Gasteiger partial charge is 0.389 e. The topological polar surface area (TPSA) is 37.2 Å². The number of rotatable bonds is 5. The van der Waals surface area contributed by atoms with Crippen molar-refractivity contribution in [2.24, 2.45) is 0 Å². The van der Waals surface area contributed by atoms with Crippen LogP contribution < -0.4 is 5.32 Å². The van der Waals surface area contributed by atoms with Crippen molar-refractivity contribution in [1.29, 1.82) is 0 Å². The number of fused-ring (bicyclic) bond motifs is 1. The van der Waals surface area contributed by atoms with E-state index < -0.39 is 12.1 Å². The van der Waals surface area contributed by atoms with E-state index in [1.807, 2.05) is 41.1 Å². The fraction of sp³-hybridized carbons (Fsp3) is 0.222. The highest BCUT2D eigenvalue weighted by molar-refractivity contribution is 6.35. The molecular formula is C18H18ClFN2O. The normalized spacial score (nSPS) is 14.1. The number of nitrogens with one attached hydrogen (secondary N) is 1. The number of para-hydroxylation sites is 1. The molecule has 2 atom stereocenters. The van der Waals surface area contributed by atoms with Gasteiger partial charge in [-0.15, -0.1) is 0 Å². The number of hydrogen-bond acceptors (Lipinski definition) is 2. The van der Waals surface area contributed by atoms with Crippen molar-refractivity contribution in [3.05, 3.63) is 71.1 Å². The summed E-state index contributed by atoms with van der Waals surface area (Å²) in [5.74, 6) is -0.327. The van der Waals surface area contributed by atoms with Crippen molar-refractivity contribution in [3.63, 3.8) is 0 Å². The van der Waals surface area contributed by atoms with E-state index in [1.165, 1.54) is 12.1 Å². The van der Waals surface area contributed by atoms with E-state index in [9.17, 15) is 9.50 Å². The summed E-state index contributed by atoms with van der Waals surface area (Å²) >= 11 is 6.36. The van der Waals surface area contributed by atoms with E-state index >= 15 is 0 Å². The molecule has 5 heteroatoms. The molecule has 1 aromatic heterocycles. The van der Waals surface area contributed by atoms with Crippen LogP contribution in [0.25, 0.3) is 10.9 Å². The summed E-state index contributed by atoms with van der Waals surface area (Å²) in [6.07, 6.45) is 1.15. The average Bonchev–Trinajstić information content (AvgIpc) is 2.93. The van der Waals surface area contributed by atoms with E-state index in [0.29, 0.717) is 17.1 Å². The predicted molar refractivity (Wildman–Crippen MR) is 91.4 cm³/mol.